The number of aliphatic carboxylic acids is 1. The number of nitrogens with one attached hydrogen (secondary N) is 2. The lowest BCUT2D eigenvalue weighted by Gasteiger charge is -2.26. The number of rotatable bonds is 10. The zero-order valence-corrected chi connectivity index (χ0v) is 19.3. The maximum Gasteiger partial charge on any atom is 0.407 e. The van der Waals surface area contributed by atoms with E-state index >= 15 is 0 Å². The third-order valence-corrected chi connectivity index (χ3v) is 6.37. The van der Waals surface area contributed by atoms with Gasteiger partial charge < -0.3 is 20.5 Å². The highest BCUT2D eigenvalue weighted by molar-refractivity contribution is 5.86. The SMILES string of the molecule is CCC(CC(=O)O)NC(=O)[C@@H](NC(=O)OCC1c2ccccc2-c2ccccc21)[C@@H](C)CC. The van der Waals surface area contributed by atoms with Gasteiger partial charge in [0, 0.05) is 12.0 Å². The second-order valence-electron chi connectivity index (χ2n) is 8.54. The molecule has 3 rings (SSSR count). The van der Waals surface area contributed by atoms with Crippen molar-refractivity contribution in [3.8, 4) is 11.1 Å². The third-order valence-electron chi connectivity index (χ3n) is 6.37. The van der Waals surface area contributed by atoms with Crippen molar-refractivity contribution in [1.82, 2.24) is 10.6 Å². The highest BCUT2D eigenvalue weighted by Crippen LogP contribution is 2.44. The maximum atomic E-state index is 12.8. The quantitative estimate of drug-likeness (QED) is 0.498. The first-order valence-corrected chi connectivity index (χ1v) is 11.5. The van der Waals surface area contributed by atoms with Crippen LogP contribution < -0.4 is 10.6 Å². The zero-order valence-electron chi connectivity index (χ0n) is 19.3. The molecule has 0 aliphatic heterocycles. The van der Waals surface area contributed by atoms with Gasteiger partial charge in [-0.15, -0.1) is 0 Å². The molecule has 2 amide bonds. The summed E-state index contributed by atoms with van der Waals surface area (Å²) in [4.78, 5) is 36.6. The van der Waals surface area contributed by atoms with Gasteiger partial charge in [-0.1, -0.05) is 75.7 Å². The highest BCUT2D eigenvalue weighted by atomic mass is 16.5. The molecule has 0 bridgehead atoms. The largest absolute Gasteiger partial charge is 0.481 e. The first-order chi connectivity index (χ1) is 15.8. The van der Waals surface area contributed by atoms with Crippen LogP contribution in [0.5, 0.6) is 0 Å². The van der Waals surface area contributed by atoms with E-state index in [1.165, 1.54) is 0 Å². The molecule has 1 aliphatic rings. The van der Waals surface area contributed by atoms with Gasteiger partial charge in [-0.3, -0.25) is 9.59 Å². The fraction of sp³-hybridized carbons (Fsp3) is 0.423. The van der Waals surface area contributed by atoms with Crippen molar-refractivity contribution in [2.75, 3.05) is 6.61 Å². The van der Waals surface area contributed by atoms with Crippen molar-refractivity contribution in [3.05, 3.63) is 59.7 Å². The van der Waals surface area contributed by atoms with Crippen molar-refractivity contribution < 1.29 is 24.2 Å². The molecule has 176 valence electrons. The third kappa shape index (κ3) is 5.72. The normalized spacial score (nSPS) is 15.0. The number of benzene rings is 2. The number of amides is 2. The summed E-state index contributed by atoms with van der Waals surface area (Å²) in [6.07, 6.45) is 0.317. The van der Waals surface area contributed by atoms with E-state index < -0.39 is 30.1 Å². The molecule has 7 heteroatoms. The van der Waals surface area contributed by atoms with Crippen LogP contribution in [-0.2, 0) is 14.3 Å². The molecule has 33 heavy (non-hydrogen) atoms. The zero-order chi connectivity index (χ0) is 24.0. The van der Waals surface area contributed by atoms with Gasteiger partial charge in [0.05, 0.1) is 6.42 Å². The fourth-order valence-corrected chi connectivity index (χ4v) is 4.27. The van der Waals surface area contributed by atoms with E-state index in [0.717, 1.165) is 22.3 Å². The minimum atomic E-state index is -0.980. The van der Waals surface area contributed by atoms with E-state index in [2.05, 4.69) is 22.8 Å². The number of carboxylic acids is 1. The molecule has 0 aromatic heterocycles. The number of fused-ring (bicyclic) bond motifs is 3. The van der Waals surface area contributed by atoms with E-state index in [4.69, 9.17) is 9.84 Å². The molecule has 1 unspecified atom stereocenters. The van der Waals surface area contributed by atoms with Gasteiger partial charge in [-0.2, -0.15) is 0 Å². The smallest absolute Gasteiger partial charge is 0.407 e. The Bertz CT molecular complexity index is 960. The topological polar surface area (TPSA) is 105 Å². The monoisotopic (exact) mass is 452 g/mol. The first kappa shape index (κ1) is 24.3. The van der Waals surface area contributed by atoms with Gasteiger partial charge in [0.1, 0.15) is 12.6 Å². The number of ether oxygens (including phenoxy) is 1. The standard InChI is InChI=1S/C26H32N2O5/c1-4-16(3)24(25(31)27-17(5-2)14-23(29)30)28-26(32)33-15-22-20-12-8-6-10-18(20)19-11-7-9-13-21(19)22/h6-13,16-17,22,24H,4-5,14-15H2,1-3H3,(H,27,31)(H,28,32)(H,29,30)/t16-,17?,24-/m0/s1. The van der Waals surface area contributed by atoms with Gasteiger partial charge in [0.25, 0.3) is 0 Å². The molecule has 3 atom stereocenters. The summed E-state index contributed by atoms with van der Waals surface area (Å²) in [6, 6.07) is 14.9. The van der Waals surface area contributed by atoms with E-state index in [1.807, 2.05) is 57.2 Å². The Hall–Kier alpha value is -3.35. The van der Waals surface area contributed by atoms with Crippen LogP contribution in [0.2, 0.25) is 0 Å². The summed E-state index contributed by atoms with van der Waals surface area (Å²) in [7, 11) is 0. The maximum absolute atomic E-state index is 12.8. The molecule has 1 aliphatic carbocycles. The first-order valence-electron chi connectivity index (χ1n) is 11.5. The molecular weight excluding hydrogens is 420 g/mol. The van der Waals surface area contributed by atoms with Gasteiger partial charge >= 0.3 is 12.1 Å². The van der Waals surface area contributed by atoms with Gasteiger partial charge in [0.2, 0.25) is 5.91 Å². The Morgan fingerprint density at radius 2 is 1.52 bits per heavy atom. The number of carboxylic acid groups (broad SMARTS) is 1. The molecule has 2 aromatic rings. The molecule has 7 nitrogen and oxygen atoms in total. The molecular formula is C26H32N2O5. The van der Waals surface area contributed by atoms with Crippen LogP contribution >= 0.6 is 0 Å². The molecule has 0 heterocycles. The Kier molecular flexibility index (Phi) is 8.09. The second-order valence-corrected chi connectivity index (χ2v) is 8.54. The van der Waals surface area contributed by atoms with Crippen LogP contribution in [0.4, 0.5) is 4.79 Å². The number of carbonyl (C=O) groups is 3. The van der Waals surface area contributed by atoms with E-state index in [9.17, 15) is 14.4 Å². The second kappa shape index (κ2) is 11.0. The minimum absolute atomic E-state index is 0.0703. The Balaban J connectivity index is 1.66. The van der Waals surface area contributed by atoms with Crippen molar-refractivity contribution in [2.24, 2.45) is 5.92 Å². The molecule has 0 saturated heterocycles. The average Bonchev–Trinajstić information content (AvgIpc) is 3.13. The van der Waals surface area contributed by atoms with Crippen molar-refractivity contribution in [2.45, 2.75) is 58.0 Å². The van der Waals surface area contributed by atoms with Crippen LogP contribution in [-0.4, -0.2) is 41.8 Å². The molecule has 0 saturated carbocycles. The van der Waals surface area contributed by atoms with Crippen LogP contribution in [0.15, 0.2) is 48.5 Å². The van der Waals surface area contributed by atoms with Gasteiger partial charge in [0.15, 0.2) is 0 Å². The molecule has 2 aromatic carbocycles. The average molecular weight is 453 g/mol. The summed E-state index contributed by atoms with van der Waals surface area (Å²) in [5.41, 5.74) is 4.51. The number of carbonyl (C=O) groups excluding carboxylic acids is 2. The minimum Gasteiger partial charge on any atom is -0.481 e. The van der Waals surface area contributed by atoms with E-state index in [-0.39, 0.29) is 24.9 Å². The Morgan fingerprint density at radius 1 is 0.939 bits per heavy atom. The predicted molar refractivity (Wildman–Crippen MR) is 126 cm³/mol. The van der Waals surface area contributed by atoms with Gasteiger partial charge in [-0.25, -0.2) is 4.79 Å². The summed E-state index contributed by atoms with van der Waals surface area (Å²) in [5.74, 6) is -1.59. The lowest BCUT2D eigenvalue weighted by molar-refractivity contribution is -0.137. The Labute approximate surface area is 194 Å². The number of hydrogen-bond acceptors (Lipinski definition) is 4. The van der Waals surface area contributed by atoms with Crippen molar-refractivity contribution in [1.29, 1.82) is 0 Å². The summed E-state index contributed by atoms with van der Waals surface area (Å²) < 4.78 is 5.59. The van der Waals surface area contributed by atoms with Crippen LogP contribution in [0.1, 0.15) is 57.1 Å². The lowest BCUT2D eigenvalue weighted by Crippen LogP contribution is -2.53. The van der Waals surface area contributed by atoms with E-state index in [1.54, 1.807) is 0 Å². The summed E-state index contributed by atoms with van der Waals surface area (Å²) in [6.45, 7) is 5.77. The molecule has 0 spiro atoms. The van der Waals surface area contributed by atoms with Crippen LogP contribution in [0, 0.1) is 5.92 Å². The molecule has 3 N–H and O–H groups in total. The van der Waals surface area contributed by atoms with Crippen molar-refractivity contribution >= 4 is 18.0 Å². The van der Waals surface area contributed by atoms with Crippen LogP contribution in [0.3, 0.4) is 0 Å². The van der Waals surface area contributed by atoms with Crippen molar-refractivity contribution in [3.63, 3.8) is 0 Å². The van der Waals surface area contributed by atoms with E-state index in [0.29, 0.717) is 12.8 Å². The van der Waals surface area contributed by atoms with Crippen LogP contribution in [0.25, 0.3) is 11.1 Å². The number of hydrogen-bond donors (Lipinski definition) is 3. The summed E-state index contributed by atoms with van der Waals surface area (Å²) >= 11 is 0. The highest BCUT2D eigenvalue weighted by Gasteiger charge is 2.31. The van der Waals surface area contributed by atoms with Gasteiger partial charge in [-0.05, 0) is 34.6 Å². The lowest BCUT2D eigenvalue weighted by atomic mass is 9.97. The number of alkyl carbamates (subject to hydrolysis) is 1. The Morgan fingerprint density at radius 3 is 2.03 bits per heavy atom. The molecule has 0 radical (unpaired) electrons. The fourth-order valence-electron chi connectivity index (χ4n) is 4.27. The molecule has 0 fully saturated rings. The predicted octanol–water partition coefficient (Wildman–Crippen LogP) is 4.31. The summed E-state index contributed by atoms with van der Waals surface area (Å²) in [5, 5.41) is 14.5.